The third-order valence-electron chi connectivity index (χ3n) is 8.55. The Kier molecular flexibility index (Phi) is 9.63. The van der Waals surface area contributed by atoms with E-state index in [0.29, 0.717) is 57.2 Å². The summed E-state index contributed by atoms with van der Waals surface area (Å²) in [5, 5.41) is 9.64. The summed E-state index contributed by atoms with van der Waals surface area (Å²) in [7, 11) is 3.65. The van der Waals surface area contributed by atoms with Gasteiger partial charge in [0.15, 0.2) is 0 Å². The highest BCUT2D eigenvalue weighted by Crippen LogP contribution is 2.36. The summed E-state index contributed by atoms with van der Waals surface area (Å²) >= 11 is 0. The van der Waals surface area contributed by atoms with E-state index < -0.39 is 11.7 Å². The fraction of sp³-hybridized carbons (Fsp3) is 0.625. The van der Waals surface area contributed by atoms with Gasteiger partial charge in [-0.1, -0.05) is 6.07 Å². The topological polar surface area (TPSA) is 107 Å². The summed E-state index contributed by atoms with van der Waals surface area (Å²) in [6.45, 7) is 9.31. The number of halogens is 1. The van der Waals surface area contributed by atoms with E-state index >= 15 is 4.39 Å². The van der Waals surface area contributed by atoms with E-state index in [-0.39, 0.29) is 30.3 Å². The van der Waals surface area contributed by atoms with E-state index in [4.69, 9.17) is 24.2 Å². The number of fused-ring (bicyclic) bond motifs is 1. The molecule has 11 nitrogen and oxygen atoms in total. The summed E-state index contributed by atoms with van der Waals surface area (Å²) in [6, 6.07) is 7.31. The fourth-order valence-electron chi connectivity index (χ4n) is 6.32. The molecule has 2 aromatic rings. The average Bonchev–Trinajstić information content (AvgIpc) is 3.27. The number of anilines is 2. The Hall–Kier alpha value is -3.85. The maximum Gasteiger partial charge on any atom is 0.410 e. The molecule has 1 aromatic carbocycles. The van der Waals surface area contributed by atoms with E-state index in [2.05, 4.69) is 22.9 Å². The van der Waals surface area contributed by atoms with Gasteiger partial charge in [-0.25, -0.2) is 9.18 Å². The van der Waals surface area contributed by atoms with Gasteiger partial charge in [-0.05, 0) is 72.2 Å². The Morgan fingerprint density at radius 3 is 2.64 bits per heavy atom. The Morgan fingerprint density at radius 1 is 1.11 bits per heavy atom. The van der Waals surface area contributed by atoms with Crippen molar-refractivity contribution in [2.45, 2.75) is 77.1 Å². The number of likely N-dealkylation sites (tertiary alicyclic amines) is 1. The van der Waals surface area contributed by atoms with Gasteiger partial charge in [0.05, 0.1) is 37.9 Å². The van der Waals surface area contributed by atoms with Crippen LogP contribution in [0.1, 0.15) is 57.7 Å². The highest BCUT2D eigenvalue weighted by atomic mass is 19.1. The molecule has 2 fully saturated rings. The SMILES string of the molecule is COc1cccc(F)c1N1CCCc2c(nc(OC[C@@H]3CCCN3C)nc2N2CCN(C(=O)OC(C)(C)C)C(CC#N)C2)C1. The van der Waals surface area contributed by atoms with Crippen LogP contribution >= 0.6 is 0 Å². The molecular formula is C32H44FN7O4. The Bertz CT molecular complexity index is 1380. The lowest BCUT2D eigenvalue weighted by atomic mass is 10.1. The summed E-state index contributed by atoms with van der Waals surface area (Å²) < 4.78 is 32.6. The number of carbonyl (C=O) groups is 1. The summed E-state index contributed by atoms with van der Waals surface area (Å²) in [5.74, 6) is 0.875. The molecule has 0 bridgehead atoms. The molecular weight excluding hydrogens is 565 g/mol. The number of hydrogen-bond acceptors (Lipinski definition) is 10. The predicted molar refractivity (Wildman–Crippen MR) is 165 cm³/mol. The Labute approximate surface area is 259 Å². The Morgan fingerprint density at radius 2 is 1.93 bits per heavy atom. The fourth-order valence-corrected chi connectivity index (χ4v) is 6.32. The van der Waals surface area contributed by atoms with Crippen molar-refractivity contribution in [2.75, 3.05) is 63.3 Å². The maximum atomic E-state index is 15.2. The number of amides is 1. The van der Waals surface area contributed by atoms with E-state index in [1.165, 1.54) is 6.07 Å². The standard InChI is InChI=1S/C32H44FN7O4/c1-32(2,3)44-31(41)40-18-17-39(19-22(40)13-14-34)29-24-10-8-16-38(28-25(33)11-6-12-27(28)42-5)20-26(24)35-30(36-29)43-21-23-9-7-15-37(23)4/h6,11-12,22-23H,7-10,13,15-21H2,1-5H3/t22?,23-/m0/s1. The zero-order chi connectivity index (χ0) is 31.4. The van der Waals surface area contributed by atoms with Gasteiger partial charge >= 0.3 is 12.1 Å². The minimum Gasteiger partial charge on any atom is -0.494 e. The molecule has 2 saturated heterocycles. The lowest BCUT2D eigenvalue weighted by Crippen LogP contribution is -2.56. The maximum absolute atomic E-state index is 15.2. The van der Waals surface area contributed by atoms with Crippen LogP contribution in [-0.2, 0) is 17.7 Å². The van der Waals surface area contributed by atoms with Crippen molar-refractivity contribution in [3.8, 4) is 17.8 Å². The van der Waals surface area contributed by atoms with Gasteiger partial charge in [0.25, 0.3) is 0 Å². The second-order valence-electron chi connectivity index (χ2n) is 12.8. The van der Waals surface area contributed by atoms with Crippen LogP contribution in [0.15, 0.2) is 18.2 Å². The highest BCUT2D eigenvalue weighted by molar-refractivity contribution is 5.69. The summed E-state index contributed by atoms with van der Waals surface area (Å²) in [5.41, 5.74) is 1.54. The van der Waals surface area contributed by atoms with Crippen LogP contribution in [0.25, 0.3) is 0 Å². The number of hydrogen-bond donors (Lipinski definition) is 0. The molecule has 4 heterocycles. The molecule has 12 heteroatoms. The molecule has 0 spiro atoms. The molecule has 0 N–H and O–H groups in total. The number of carbonyl (C=O) groups excluding carboxylic acids is 1. The third kappa shape index (κ3) is 7.09. The van der Waals surface area contributed by atoms with Gasteiger partial charge in [0.1, 0.15) is 35.3 Å². The second kappa shape index (κ2) is 13.4. The van der Waals surface area contributed by atoms with Crippen LogP contribution in [0.3, 0.4) is 0 Å². The van der Waals surface area contributed by atoms with Gasteiger partial charge in [0, 0.05) is 37.8 Å². The summed E-state index contributed by atoms with van der Waals surface area (Å²) in [4.78, 5) is 30.9. The Balaban J connectivity index is 1.48. The number of aromatic nitrogens is 2. The number of piperazine rings is 1. The van der Waals surface area contributed by atoms with E-state index in [9.17, 15) is 10.1 Å². The van der Waals surface area contributed by atoms with Gasteiger partial charge in [-0.15, -0.1) is 0 Å². The van der Waals surface area contributed by atoms with Crippen LogP contribution < -0.4 is 19.3 Å². The van der Waals surface area contributed by atoms with Crippen molar-refractivity contribution >= 4 is 17.6 Å². The molecule has 1 amide bonds. The predicted octanol–water partition coefficient (Wildman–Crippen LogP) is 4.39. The van der Waals surface area contributed by atoms with Crippen molar-refractivity contribution in [1.82, 2.24) is 19.8 Å². The number of nitriles is 1. The monoisotopic (exact) mass is 609 g/mol. The molecule has 3 aliphatic rings. The molecule has 0 radical (unpaired) electrons. The van der Waals surface area contributed by atoms with Gasteiger partial charge in [-0.2, -0.15) is 15.2 Å². The molecule has 3 aliphatic heterocycles. The molecule has 1 unspecified atom stereocenters. The number of para-hydroxylation sites is 1. The number of methoxy groups -OCH3 is 1. The average molecular weight is 610 g/mol. The lowest BCUT2D eigenvalue weighted by Gasteiger charge is -2.42. The van der Waals surface area contributed by atoms with E-state index in [1.54, 1.807) is 24.1 Å². The van der Waals surface area contributed by atoms with Gasteiger partial charge in [0.2, 0.25) is 0 Å². The first-order valence-corrected chi connectivity index (χ1v) is 15.5. The first-order chi connectivity index (χ1) is 21.1. The van der Waals surface area contributed by atoms with Gasteiger partial charge in [-0.3, -0.25) is 0 Å². The molecule has 0 aliphatic carbocycles. The molecule has 44 heavy (non-hydrogen) atoms. The number of rotatable bonds is 7. The van der Waals surface area contributed by atoms with Crippen molar-refractivity contribution in [3.63, 3.8) is 0 Å². The number of nitrogens with zero attached hydrogens (tertiary/aromatic N) is 7. The second-order valence-corrected chi connectivity index (χ2v) is 12.8. The zero-order valence-corrected chi connectivity index (χ0v) is 26.5. The summed E-state index contributed by atoms with van der Waals surface area (Å²) in [6.07, 6.45) is 3.38. The van der Waals surface area contributed by atoms with Crippen molar-refractivity contribution in [2.24, 2.45) is 0 Å². The molecule has 2 atom stereocenters. The van der Waals surface area contributed by atoms with Crippen LogP contribution in [0.4, 0.5) is 20.7 Å². The van der Waals surface area contributed by atoms with Crippen LogP contribution in [0.5, 0.6) is 11.8 Å². The minimum absolute atomic E-state index is 0.168. The van der Waals surface area contributed by atoms with Crippen LogP contribution in [-0.4, -0.2) is 97.0 Å². The molecule has 238 valence electrons. The van der Waals surface area contributed by atoms with Crippen molar-refractivity contribution in [3.05, 3.63) is 35.3 Å². The molecule has 1 aromatic heterocycles. The van der Waals surface area contributed by atoms with Crippen LogP contribution in [0.2, 0.25) is 0 Å². The highest BCUT2D eigenvalue weighted by Gasteiger charge is 2.36. The molecule has 5 rings (SSSR count). The number of likely N-dealkylation sites (N-methyl/N-ethyl adjacent to an activating group) is 1. The van der Waals surface area contributed by atoms with E-state index in [0.717, 1.165) is 42.9 Å². The first-order valence-electron chi connectivity index (χ1n) is 15.5. The third-order valence-corrected chi connectivity index (χ3v) is 8.55. The van der Waals surface area contributed by atoms with Crippen molar-refractivity contribution < 1.29 is 23.4 Å². The van der Waals surface area contributed by atoms with E-state index in [1.807, 2.05) is 25.7 Å². The normalized spacial score (nSPS) is 21.0. The quantitative estimate of drug-likeness (QED) is 0.449. The van der Waals surface area contributed by atoms with Gasteiger partial charge < -0.3 is 33.8 Å². The number of ether oxygens (including phenoxy) is 3. The number of benzene rings is 1. The zero-order valence-electron chi connectivity index (χ0n) is 26.5. The first kappa shape index (κ1) is 31.6. The largest absolute Gasteiger partial charge is 0.494 e. The smallest absolute Gasteiger partial charge is 0.410 e. The lowest BCUT2D eigenvalue weighted by molar-refractivity contribution is 0.0144. The van der Waals surface area contributed by atoms with Crippen LogP contribution in [0, 0.1) is 17.1 Å². The van der Waals surface area contributed by atoms with Crippen molar-refractivity contribution in [1.29, 1.82) is 5.26 Å². The minimum atomic E-state index is -0.637. The molecule has 0 saturated carbocycles.